The molecule has 1 aromatic heterocycles. The van der Waals surface area contributed by atoms with E-state index < -0.39 is 23.4 Å². The lowest BCUT2D eigenvalue weighted by Crippen LogP contribution is -2.29. The fourth-order valence-corrected chi connectivity index (χ4v) is 4.75. The number of ether oxygens (including phenoxy) is 1. The molecule has 0 aliphatic rings. The first-order valence-electron chi connectivity index (χ1n) is 10.5. The van der Waals surface area contributed by atoms with Crippen molar-refractivity contribution in [1.29, 1.82) is 0 Å². The summed E-state index contributed by atoms with van der Waals surface area (Å²) in [6.45, 7) is 2.38. The van der Waals surface area contributed by atoms with Crippen molar-refractivity contribution in [2.75, 3.05) is 18.6 Å². The van der Waals surface area contributed by atoms with Gasteiger partial charge in [0.05, 0.1) is 28.9 Å². The number of nitrogens with zero attached hydrogens (tertiary/aromatic N) is 2. The van der Waals surface area contributed by atoms with E-state index in [0.29, 0.717) is 18.1 Å². The van der Waals surface area contributed by atoms with Gasteiger partial charge >= 0.3 is 5.97 Å². The van der Waals surface area contributed by atoms with Crippen LogP contribution >= 0.6 is 11.3 Å². The summed E-state index contributed by atoms with van der Waals surface area (Å²) in [4.78, 5) is 17.5. The molecule has 0 aliphatic carbocycles. The summed E-state index contributed by atoms with van der Waals surface area (Å²) in [5, 5.41) is 9.58. The number of methoxy groups -OCH3 is 1. The molecule has 176 valence electrons. The number of fused-ring (bicyclic) bond motifs is 1. The number of carboxylic acid groups (broad SMARTS) is 1. The summed E-state index contributed by atoms with van der Waals surface area (Å²) in [5.74, 6) is -4.36. The largest absolute Gasteiger partial charge is 0.497 e. The maximum absolute atomic E-state index is 14.4. The second kappa shape index (κ2) is 9.72. The number of benzene rings is 3. The van der Waals surface area contributed by atoms with Gasteiger partial charge in [-0.05, 0) is 48.7 Å². The fourth-order valence-electron chi connectivity index (χ4n) is 3.67. The van der Waals surface area contributed by atoms with Gasteiger partial charge in [-0.25, -0.2) is 22.9 Å². The molecule has 0 radical (unpaired) electrons. The Kier molecular flexibility index (Phi) is 6.74. The second-order valence-electron chi connectivity index (χ2n) is 7.73. The van der Waals surface area contributed by atoms with Gasteiger partial charge < -0.3 is 14.7 Å². The number of aromatic carboxylic acids is 1. The molecule has 5 nitrogen and oxygen atoms in total. The predicted octanol–water partition coefficient (Wildman–Crippen LogP) is 6.23. The highest BCUT2D eigenvalue weighted by Crippen LogP contribution is 2.36. The highest BCUT2D eigenvalue weighted by atomic mass is 32.1. The molecule has 0 amide bonds. The van der Waals surface area contributed by atoms with Gasteiger partial charge in [-0.2, -0.15) is 0 Å². The van der Waals surface area contributed by atoms with Crippen LogP contribution in [0.2, 0.25) is 0 Å². The standard InChI is InChI=1S/C25H21F3N2O3S/c1-14(16-5-7-17(8-6-16)24(31)32)30(12-11-15-3-9-18(33-2)10-4-15)25-29-20-13-19(26)21(27)22(28)23(20)34-25/h3-10,13-14H,11-12H2,1-2H3,(H,31,32). The van der Waals surface area contributed by atoms with E-state index in [4.69, 9.17) is 4.74 Å². The Morgan fingerprint density at radius 3 is 2.38 bits per heavy atom. The molecule has 1 atom stereocenters. The molecule has 0 aliphatic heterocycles. The third kappa shape index (κ3) is 4.70. The summed E-state index contributed by atoms with van der Waals surface area (Å²) in [7, 11) is 1.59. The van der Waals surface area contributed by atoms with Crippen LogP contribution in [0.3, 0.4) is 0 Å². The second-order valence-corrected chi connectivity index (χ2v) is 8.70. The van der Waals surface area contributed by atoms with Crippen molar-refractivity contribution in [2.24, 2.45) is 0 Å². The van der Waals surface area contributed by atoms with Crippen molar-refractivity contribution in [2.45, 2.75) is 19.4 Å². The number of hydrogen-bond acceptors (Lipinski definition) is 5. The molecule has 0 saturated carbocycles. The zero-order valence-electron chi connectivity index (χ0n) is 18.4. The zero-order chi connectivity index (χ0) is 24.4. The van der Waals surface area contributed by atoms with E-state index in [1.165, 1.54) is 12.1 Å². The Bertz CT molecular complexity index is 1320. The number of carboxylic acids is 1. The van der Waals surface area contributed by atoms with Gasteiger partial charge in [0.1, 0.15) is 5.75 Å². The van der Waals surface area contributed by atoms with E-state index in [2.05, 4.69) is 4.98 Å². The molecule has 0 bridgehead atoms. The van der Waals surface area contributed by atoms with Crippen LogP contribution in [0.15, 0.2) is 54.6 Å². The smallest absolute Gasteiger partial charge is 0.335 e. The predicted molar refractivity (Wildman–Crippen MR) is 125 cm³/mol. The number of carbonyl (C=O) groups is 1. The molecule has 1 unspecified atom stereocenters. The van der Waals surface area contributed by atoms with Crippen molar-refractivity contribution in [3.8, 4) is 5.75 Å². The number of hydrogen-bond donors (Lipinski definition) is 1. The number of aromatic nitrogens is 1. The van der Waals surface area contributed by atoms with Gasteiger partial charge in [-0.3, -0.25) is 0 Å². The molecule has 34 heavy (non-hydrogen) atoms. The van der Waals surface area contributed by atoms with Crippen LogP contribution in [0.25, 0.3) is 10.2 Å². The lowest BCUT2D eigenvalue weighted by Gasteiger charge is -2.29. The van der Waals surface area contributed by atoms with Crippen molar-refractivity contribution in [1.82, 2.24) is 4.98 Å². The van der Waals surface area contributed by atoms with E-state index >= 15 is 0 Å². The SMILES string of the molecule is COc1ccc(CCN(c2nc3cc(F)c(F)c(F)c3s2)C(C)c2ccc(C(=O)O)cc2)cc1. The van der Waals surface area contributed by atoms with Gasteiger partial charge in [0.15, 0.2) is 22.6 Å². The zero-order valence-corrected chi connectivity index (χ0v) is 19.2. The van der Waals surface area contributed by atoms with E-state index in [0.717, 1.165) is 34.3 Å². The molecule has 1 heterocycles. The van der Waals surface area contributed by atoms with Crippen molar-refractivity contribution < 1.29 is 27.8 Å². The Labute approximate surface area is 198 Å². The van der Waals surface area contributed by atoms with Crippen LogP contribution in [0, 0.1) is 17.5 Å². The summed E-state index contributed by atoms with van der Waals surface area (Å²) in [6, 6.07) is 14.6. The molecule has 3 aromatic carbocycles. The Morgan fingerprint density at radius 1 is 1.09 bits per heavy atom. The number of thiazole rings is 1. The number of halogens is 3. The average Bonchev–Trinajstić information content (AvgIpc) is 3.26. The van der Waals surface area contributed by atoms with Gasteiger partial charge in [-0.1, -0.05) is 35.6 Å². The third-order valence-corrected chi connectivity index (χ3v) is 6.76. The molecule has 0 fully saturated rings. The van der Waals surface area contributed by atoms with Crippen LogP contribution in [0.4, 0.5) is 18.3 Å². The lowest BCUT2D eigenvalue weighted by atomic mass is 10.0. The number of rotatable bonds is 8. The van der Waals surface area contributed by atoms with Crippen LogP contribution in [-0.4, -0.2) is 29.7 Å². The topological polar surface area (TPSA) is 62.7 Å². The number of anilines is 1. The Morgan fingerprint density at radius 2 is 1.76 bits per heavy atom. The quantitative estimate of drug-likeness (QED) is 0.299. The van der Waals surface area contributed by atoms with Crippen LogP contribution in [0.1, 0.15) is 34.5 Å². The molecular formula is C25H21F3N2O3S. The first kappa shape index (κ1) is 23.6. The molecule has 0 saturated heterocycles. The van der Waals surface area contributed by atoms with Crippen molar-refractivity contribution in [3.63, 3.8) is 0 Å². The fraction of sp³-hybridized carbons (Fsp3) is 0.200. The van der Waals surface area contributed by atoms with Gasteiger partial charge in [0, 0.05) is 12.6 Å². The molecule has 4 rings (SSSR count). The molecule has 9 heteroatoms. The van der Waals surface area contributed by atoms with Gasteiger partial charge in [0.2, 0.25) is 0 Å². The van der Waals surface area contributed by atoms with Gasteiger partial charge in [-0.15, -0.1) is 0 Å². The first-order valence-corrected chi connectivity index (χ1v) is 11.3. The van der Waals surface area contributed by atoms with E-state index in [9.17, 15) is 23.1 Å². The Hall–Kier alpha value is -3.59. The van der Waals surface area contributed by atoms with Crippen LogP contribution < -0.4 is 9.64 Å². The summed E-state index contributed by atoms with van der Waals surface area (Å²) < 4.78 is 47.0. The summed E-state index contributed by atoms with van der Waals surface area (Å²) in [6.07, 6.45) is 0.614. The highest BCUT2D eigenvalue weighted by Gasteiger charge is 2.23. The minimum absolute atomic E-state index is 0.0410. The van der Waals surface area contributed by atoms with E-state index in [-0.39, 0.29) is 21.8 Å². The summed E-state index contributed by atoms with van der Waals surface area (Å²) in [5.41, 5.74) is 2.05. The van der Waals surface area contributed by atoms with E-state index in [1.54, 1.807) is 19.2 Å². The van der Waals surface area contributed by atoms with Crippen LogP contribution in [-0.2, 0) is 6.42 Å². The minimum Gasteiger partial charge on any atom is -0.497 e. The van der Waals surface area contributed by atoms with Crippen LogP contribution in [0.5, 0.6) is 5.75 Å². The van der Waals surface area contributed by atoms with Crippen molar-refractivity contribution in [3.05, 3.63) is 88.7 Å². The maximum Gasteiger partial charge on any atom is 0.335 e. The normalized spacial score (nSPS) is 12.0. The molecular weight excluding hydrogens is 465 g/mol. The van der Waals surface area contributed by atoms with Crippen molar-refractivity contribution >= 4 is 32.7 Å². The van der Waals surface area contributed by atoms with Gasteiger partial charge in [0.25, 0.3) is 0 Å². The first-order chi connectivity index (χ1) is 16.3. The maximum atomic E-state index is 14.4. The third-order valence-electron chi connectivity index (χ3n) is 5.66. The molecule has 4 aromatic rings. The lowest BCUT2D eigenvalue weighted by molar-refractivity contribution is 0.0697. The minimum atomic E-state index is -1.52. The summed E-state index contributed by atoms with van der Waals surface area (Å²) >= 11 is 0.946. The Balaban J connectivity index is 1.70. The molecule has 0 spiro atoms. The average molecular weight is 487 g/mol. The van der Waals surface area contributed by atoms with E-state index in [1.807, 2.05) is 36.1 Å². The highest BCUT2D eigenvalue weighted by molar-refractivity contribution is 7.22. The molecule has 1 N–H and O–H groups in total. The monoisotopic (exact) mass is 486 g/mol.